The number of amides is 1. The van der Waals surface area contributed by atoms with E-state index < -0.39 is 0 Å². The van der Waals surface area contributed by atoms with Gasteiger partial charge in [-0.1, -0.05) is 30.3 Å². The van der Waals surface area contributed by atoms with E-state index in [2.05, 4.69) is 10.3 Å². The maximum absolute atomic E-state index is 12.4. The number of aromatic nitrogens is 1. The molecule has 1 N–H and O–H groups in total. The van der Waals surface area contributed by atoms with Crippen molar-refractivity contribution in [2.75, 3.05) is 11.9 Å². The quantitative estimate of drug-likeness (QED) is 0.774. The maximum Gasteiger partial charge on any atom is 0.293 e. The van der Waals surface area contributed by atoms with E-state index in [0.717, 1.165) is 11.3 Å². The predicted octanol–water partition coefficient (Wildman–Crippen LogP) is 3.99. The number of nitrogens with one attached hydrogen (secondary N) is 1. The summed E-state index contributed by atoms with van der Waals surface area (Å²) >= 11 is 0. The summed E-state index contributed by atoms with van der Waals surface area (Å²) < 4.78 is 10.6. The van der Waals surface area contributed by atoms with Crippen LogP contribution in [-0.4, -0.2) is 17.5 Å². The number of carbonyl (C=O) groups is 1. The van der Waals surface area contributed by atoms with Gasteiger partial charge in [-0.2, -0.15) is 0 Å². The number of anilines is 1. The number of ether oxygens (including phenoxy) is 1. The molecule has 1 aromatic heterocycles. The minimum absolute atomic E-state index is 0.185. The van der Waals surface area contributed by atoms with Crippen molar-refractivity contribution in [1.29, 1.82) is 0 Å². The van der Waals surface area contributed by atoms with Crippen LogP contribution in [0.1, 0.15) is 17.5 Å². The third-order valence-electron chi connectivity index (χ3n) is 3.24. The zero-order valence-electron chi connectivity index (χ0n) is 12.7. The molecule has 1 amide bonds. The monoisotopic (exact) mass is 308 g/mol. The van der Waals surface area contributed by atoms with Gasteiger partial charge in [-0.15, -0.1) is 0 Å². The number of nitrogens with zero attached hydrogens (tertiary/aromatic N) is 1. The highest BCUT2D eigenvalue weighted by Gasteiger charge is 2.18. The summed E-state index contributed by atoms with van der Waals surface area (Å²) in [5.74, 6) is 0.603. The predicted molar refractivity (Wildman–Crippen MR) is 87.5 cm³/mol. The van der Waals surface area contributed by atoms with Gasteiger partial charge in [-0.25, -0.2) is 4.98 Å². The molecule has 0 radical (unpaired) electrons. The van der Waals surface area contributed by atoms with Crippen LogP contribution in [0.25, 0.3) is 11.3 Å². The first-order valence-electron chi connectivity index (χ1n) is 7.31. The fourth-order valence-electron chi connectivity index (χ4n) is 2.20. The van der Waals surface area contributed by atoms with Crippen LogP contribution >= 0.6 is 0 Å². The summed E-state index contributed by atoms with van der Waals surface area (Å²) in [6, 6.07) is 16.6. The number of carbonyl (C=O) groups excluding carboxylic acids is 1. The van der Waals surface area contributed by atoms with E-state index in [4.69, 9.17) is 9.15 Å². The second-order valence-corrected chi connectivity index (χ2v) is 4.81. The van der Waals surface area contributed by atoms with Crippen molar-refractivity contribution in [2.24, 2.45) is 0 Å². The summed E-state index contributed by atoms with van der Waals surface area (Å²) in [6.45, 7) is 2.52. The molecule has 1 heterocycles. The summed E-state index contributed by atoms with van der Waals surface area (Å²) in [5.41, 5.74) is 2.01. The van der Waals surface area contributed by atoms with Crippen LogP contribution in [0.2, 0.25) is 0 Å². The molecule has 5 nitrogen and oxygen atoms in total. The van der Waals surface area contributed by atoms with Gasteiger partial charge in [-0.3, -0.25) is 4.79 Å². The van der Waals surface area contributed by atoms with E-state index in [1.807, 2.05) is 37.3 Å². The number of hydrogen-bond acceptors (Lipinski definition) is 4. The van der Waals surface area contributed by atoms with Crippen molar-refractivity contribution in [1.82, 2.24) is 4.98 Å². The van der Waals surface area contributed by atoms with Crippen molar-refractivity contribution in [3.63, 3.8) is 0 Å². The molecule has 0 aliphatic heterocycles. The molecule has 5 heteroatoms. The third-order valence-corrected chi connectivity index (χ3v) is 3.24. The molecule has 3 rings (SSSR count). The van der Waals surface area contributed by atoms with E-state index in [9.17, 15) is 4.79 Å². The minimum atomic E-state index is -0.342. The average molecular weight is 308 g/mol. The van der Waals surface area contributed by atoms with Gasteiger partial charge < -0.3 is 14.5 Å². The Balaban J connectivity index is 1.78. The highest BCUT2D eigenvalue weighted by molar-refractivity contribution is 6.05. The molecule has 2 aromatic carbocycles. The average Bonchev–Trinajstić information content (AvgIpc) is 3.07. The largest absolute Gasteiger partial charge is 0.494 e. The summed E-state index contributed by atoms with van der Waals surface area (Å²) in [5, 5.41) is 2.80. The molecule has 0 aliphatic carbocycles. The van der Waals surface area contributed by atoms with E-state index in [1.165, 1.54) is 6.39 Å². The molecular weight excluding hydrogens is 292 g/mol. The number of rotatable bonds is 5. The first-order valence-corrected chi connectivity index (χ1v) is 7.31. The van der Waals surface area contributed by atoms with Crippen molar-refractivity contribution in [3.8, 4) is 17.0 Å². The van der Waals surface area contributed by atoms with Gasteiger partial charge in [0.15, 0.2) is 6.39 Å². The SMILES string of the molecule is CCOc1ccc(NC(=O)c2ocnc2-c2ccccc2)cc1. The van der Waals surface area contributed by atoms with Crippen LogP contribution in [0.3, 0.4) is 0 Å². The molecule has 0 atom stereocenters. The van der Waals surface area contributed by atoms with Crippen LogP contribution in [0, 0.1) is 0 Å². The van der Waals surface area contributed by atoms with Gasteiger partial charge in [0, 0.05) is 11.3 Å². The highest BCUT2D eigenvalue weighted by Crippen LogP contribution is 2.23. The molecule has 0 spiro atoms. The zero-order valence-corrected chi connectivity index (χ0v) is 12.7. The Morgan fingerprint density at radius 3 is 2.57 bits per heavy atom. The van der Waals surface area contributed by atoms with Crippen LogP contribution in [-0.2, 0) is 0 Å². The van der Waals surface area contributed by atoms with Gasteiger partial charge in [0.2, 0.25) is 5.76 Å². The Morgan fingerprint density at radius 1 is 1.13 bits per heavy atom. The van der Waals surface area contributed by atoms with Crippen LogP contribution in [0.4, 0.5) is 5.69 Å². The minimum Gasteiger partial charge on any atom is -0.494 e. The smallest absolute Gasteiger partial charge is 0.293 e. The van der Waals surface area contributed by atoms with E-state index >= 15 is 0 Å². The second kappa shape index (κ2) is 6.79. The maximum atomic E-state index is 12.4. The molecule has 23 heavy (non-hydrogen) atoms. The summed E-state index contributed by atoms with van der Waals surface area (Å²) in [6.07, 6.45) is 1.27. The van der Waals surface area contributed by atoms with Crippen molar-refractivity contribution in [3.05, 3.63) is 66.8 Å². The summed E-state index contributed by atoms with van der Waals surface area (Å²) in [4.78, 5) is 16.5. The molecular formula is C18H16N2O3. The Morgan fingerprint density at radius 2 is 1.87 bits per heavy atom. The van der Waals surface area contributed by atoms with Gasteiger partial charge in [0.1, 0.15) is 11.4 Å². The lowest BCUT2D eigenvalue weighted by atomic mass is 10.1. The molecule has 0 saturated carbocycles. The van der Waals surface area contributed by atoms with Crippen molar-refractivity contribution >= 4 is 11.6 Å². The van der Waals surface area contributed by atoms with Crippen LogP contribution < -0.4 is 10.1 Å². The first-order chi connectivity index (χ1) is 11.3. The van der Waals surface area contributed by atoms with Crippen LogP contribution in [0.5, 0.6) is 5.75 Å². The van der Waals surface area contributed by atoms with Gasteiger partial charge >= 0.3 is 0 Å². The Labute approximate surface area is 133 Å². The van der Waals surface area contributed by atoms with Gasteiger partial charge in [0.05, 0.1) is 6.61 Å². The van der Waals surface area contributed by atoms with Crippen molar-refractivity contribution < 1.29 is 13.9 Å². The normalized spacial score (nSPS) is 10.3. The van der Waals surface area contributed by atoms with Gasteiger partial charge in [-0.05, 0) is 31.2 Å². The number of oxazole rings is 1. The summed E-state index contributed by atoms with van der Waals surface area (Å²) in [7, 11) is 0. The third kappa shape index (κ3) is 3.40. The van der Waals surface area contributed by atoms with Gasteiger partial charge in [0.25, 0.3) is 5.91 Å². The molecule has 3 aromatic rings. The molecule has 0 saturated heterocycles. The lowest BCUT2D eigenvalue weighted by molar-refractivity contribution is 0.0997. The Hall–Kier alpha value is -3.08. The van der Waals surface area contributed by atoms with E-state index in [-0.39, 0.29) is 11.7 Å². The molecule has 0 fully saturated rings. The Bertz CT molecular complexity index is 780. The second-order valence-electron chi connectivity index (χ2n) is 4.81. The fourth-order valence-corrected chi connectivity index (χ4v) is 2.20. The first kappa shape index (κ1) is 14.8. The van der Waals surface area contributed by atoms with E-state index in [0.29, 0.717) is 18.0 Å². The Kier molecular flexibility index (Phi) is 4.38. The topological polar surface area (TPSA) is 64.4 Å². The lowest BCUT2D eigenvalue weighted by Gasteiger charge is -2.06. The van der Waals surface area contributed by atoms with E-state index in [1.54, 1.807) is 24.3 Å². The standard InChI is InChI=1S/C18H16N2O3/c1-2-22-15-10-8-14(9-11-15)20-18(21)17-16(19-12-23-17)13-6-4-3-5-7-13/h3-12H,2H2,1H3,(H,20,21). The molecule has 0 aliphatic rings. The van der Waals surface area contributed by atoms with Crippen molar-refractivity contribution in [2.45, 2.75) is 6.92 Å². The fraction of sp³-hybridized carbons (Fsp3) is 0.111. The molecule has 0 unspecified atom stereocenters. The lowest BCUT2D eigenvalue weighted by Crippen LogP contribution is -2.12. The number of hydrogen-bond donors (Lipinski definition) is 1. The number of benzene rings is 2. The zero-order chi connectivity index (χ0) is 16.1. The molecule has 0 bridgehead atoms. The molecule has 116 valence electrons. The highest BCUT2D eigenvalue weighted by atomic mass is 16.5. The van der Waals surface area contributed by atoms with Crippen LogP contribution in [0.15, 0.2) is 65.4 Å².